The first-order chi connectivity index (χ1) is 18.8. The van der Waals surface area contributed by atoms with Crippen molar-refractivity contribution in [1.82, 2.24) is 19.3 Å². The number of rotatable bonds is 8. The van der Waals surface area contributed by atoms with E-state index in [-0.39, 0.29) is 4.90 Å². The molecular weight excluding hydrogens is 534 g/mol. The molecule has 0 amide bonds. The van der Waals surface area contributed by atoms with Gasteiger partial charge in [-0.2, -0.15) is 4.31 Å². The molecular formula is C27H31N7O3S2. The molecule has 0 unspecified atom stereocenters. The molecule has 1 fully saturated rings. The highest BCUT2D eigenvalue weighted by Gasteiger charge is 2.26. The number of sulfonamides is 1. The molecule has 3 heterocycles. The van der Waals surface area contributed by atoms with Gasteiger partial charge in [0.05, 0.1) is 18.1 Å². The van der Waals surface area contributed by atoms with Crippen LogP contribution in [0, 0.1) is 6.92 Å². The van der Waals surface area contributed by atoms with Crippen molar-refractivity contribution in [1.29, 1.82) is 0 Å². The maximum Gasteiger partial charge on any atom is 0.243 e. The summed E-state index contributed by atoms with van der Waals surface area (Å²) < 4.78 is 32.8. The Morgan fingerprint density at radius 1 is 0.974 bits per heavy atom. The van der Waals surface area contributed by atoms with Gasteiger partial charge < -0.3 is 21.1 Å². The molecule has 0 radical (unpaired) electrons. The first-order valence-corrected chi connectivity index (χ1v) is 15.0. The summed E-state index contributed by atoms with van der Waals surface area (Å²) in [6.45, 7) is 6.51. The molecule has 0 aliphatic carbocycles. The van der Waals surface area contributed by atoms with Crippen molar-refractivity contribution < 1.29 is 13.2 Å². The van der Waals surface area contributed by atoms with Crippen LogP contribution >= 0.6 is 11.3 Å². The van der Waals surface area contributed by atoms with Crippen molar-refractivity contribution in [3.8, 4) is 22.6 Å². The van der Waals surface area contributed by atoms with E-state index in [2.05, 4.69) is 40.8 Å². The average Bonchev–Trinajstić information content (AvgIpc) is 3.42. The topological polar surface area (TPSA) is 141 Å². The van der Waals surface area contributed by atoms with Crippen LogP contribution in [-0.2, 0) is 14.8 Å². The summed E-state index contributed by atoms with van der Waals surface area (Å²) in [5.41, 5.74) is 16.4. The Morgan fingerprint density at radius 3 is 2.31 bits per heavy atom. The third-order valence-corrected chi connectivity index (χ3v) is 9.24. The van der Waals surface area contributed by atoms with Crippen LogP contribution in [0.5, 0.6) is 0 Å². The molecule has 1 aliphatic heterocycles. The van der Waals surface area contributed by atoms with Crippen LogP contribution in [0.25, 0.3) is 22.6 Å². The first kappa shape index (κ1) is 27.0. The highest BCUT2D eigenvalue weighted by Crippen LogP contribution is 2.36. The van der Waals surface area contributed by atoms with Gasteiger partial charge in [-0.25, -0.2) is 23.4 Å². The van der Waals surface area contributed by atoms with E-state index in [1.165, 1.54) is 21.7 Å². The van der Waals surface area contributed by atoms with Gasteiger partial charge in [0, 0.05) is 36.8 Å². The van der Waals surface area contributed by atoms with Gasteiger partial charge in [0.15, 0.2) is 11.0 Å². The second-order valence-electron chi connectivity index (χ2n) is 9.25. The zero-order valence-electron chi connectivity index (χ0n) is 21.9. The van der Waals surface area contributed by atoms with Crippen LogP contribution < -0.4 is 16.4 Å². The smallest absolute Gasteiger partial charge is 0.243 e. The van der Waals surface area contributed by atoms with E-state index >= 15 is 0 Å². The number of thiazole rings is 1. The predicted octanol–water partition coefficient (Wildman–Crippen LogP) is 4.31. The summed E-state index contributed by atoms with van der Waals surface area (Å²) in [5.74, 6) is 0.985. The van der Waals surface area contributed by atoms with Gasteiger partial charge >= 0.3 is 0 Å². The molecule has 12 heteroatoms. The molecule has 4 N–H and O–H groups in total. The third-order valence-electron chi connectivity index (χ3n) is 6.46. The zero-order valence-corrected chi connectivity index (χ0v) is 23.5. The summed E-state index contributed by atoms with van der Waals surface area (Å²) in [4.78, 5) is 15.8. The highest BCUT2D eigenvalue weighted by molar-refractivity contribution is 7.89. The minimum Gasteiger partial charge on any atom is -0.384 e. The van der Waals surface area contributed by atoms with E-state index in [1.807, 2.05) is 23.6 Å². The Hall–Kier alpha value is -3.58. The van der Waals surface area contributed by atoms with Crippen LogP contribution in [0.2, 0.25) is 0 Å². The van der Waals surface area contributed by atoms with E-state index < -0.39 is 10.0 Å². The van der Waals surface area contributed by atoms with Gasteiger partial charge in [0.1, 0.15) is 17.3 Å². The van der Waals surface area contributed by atoms with Crippen molar-refractivity contribution in [2.45, 2.75) is 25.2 Å². The fourth-order valence-corrected chi connectivity index (χ4v) is 6.72. The lowest BCUT2D eigenvalue weighted by Crippen LogP contribution is -2.40. The van der Waals surface area contributed by atoms with E-state index in [0.717, 1.165) is 40.5 Å². The van der Waals surface area contributed by atoms with E-state index in [9.17, 15) is 8.42 Å². The minimum atomic E-state index is -3.55. The Bertz CT molecular complexity index is 1550. The number of nitrogens with zero attached hydrogens (tertiary/aromatic N) is 5. The van der Waals surface area contributed by atoms with Crippen molar-refractivity contribution in [3.63, 3.8) is 0 Å². The Balaban J connectivity index is 1.45. The largest absolute Gasteiger partial charge is 0.384 e. The van der Waals surface area contributed by atoms with Crippen LogP contribution in [0.1, 0.15) is 18.9 Å². The quantitative estimate of drug-likeness (QED) is 0.320. The maximum absolute atomic E-state index is 13.0. The molecule has 2 aromatic heterocycles. The van der Waals surface area contributed by atoms with Crippen LogP contribution in [0.3, 0.4) is 0 Å². The molecule has 0 bridgehead atoms. The standard InChI is InChI=1S/C27H31N7O3S2/c1-3-10-34(27-30-22(17-38-27)26-31-24(28)16-25(29)32-26)23-15-20(5-4-18(23)2)19-6-8-21(9-7-19)39(35,36)33-11-13-37-14-12-33/h4-9,15-17H,3,10-14H2,1-2H3,(H4,28,29,31,32). The number of aryl methyl sites for hydroxylation is 1. The lowest BCUT2D eigenvalue weighted by Gasteiger charge is -2.26. The second-order valence-corrected chi connectivity index (χ2v) is 12.0. The van der Waals surface area contributed by atoms with Crippen LogP contribution in [0.15, 0.2) is 58.8 Å². The second kappa shape index (κ2) is 11.3. The normalized spacial score (nSPS) is 14.4. The van der Waals surface area contributed by atoms with Crippen molar-refractivity contribution in [3.05, 3.63) is 59.5 Å². The molecule has 204 valence electrons. The molecule has 0 atom stereocenters. The predicted molar refractivity (Wildman–Crippen MR) is 155 cm³/mol. The summed E-state index contributed by atoms with van der Waals surface area (Å²) in [7, 11) is -3.55. The zero-order chi connectivity index (χ0) is 27.6. The first-order valence-electron chi connectivity index (χ1n) is 12.7. The number of anilines is 4. The van der Waals surface area contributed by atoms with Crippen LogP contribution in [0.4, 0.5) is 22.5 Å². The summed E-state index contributed by atoms with van der Waals surface area (Å²) >= 11 is 1.50. The summed E-state index contributed by atoms with van der Waals surface area (Å²) in [5, 5.41) is 2.71. The number of nitrogens with two attached hydrogens (primary N) is 2. The lowest BCUT2D eigenvalue weighted by molar-refractivity contribution is 0.0730. The highest BCUT2D eigenvalue weighted by atomic mass is 32.2. The summed E-state index contributed by atoms with van der Waals surface area (Å²) in [6, 6.07) is 14.8. The number of aromatic nitrogens is 3. The minimum absolute atomic E-state index is 0.285. The molecule has 2 aromatic carbocycles. The molecule has 1 aliphatic rings. The number of hydrogen-bond donors (Lipinski definition) is 2. The fourth-order valence-electron chi connectivity index (χ4n) is 4.47. The van der Waals surface area contributed by atoms with Gasteiger partial charge in [-0.15, -0.1) is 11.3 Å². The van der Waals surface area contributed by atoms with Gasteiger partial charge in [-0.1, -0.05) is 31.2 Å². The van der Waals surface area contributed by atoms with E-state index in [0.29, 0.717) is 49.5 Å². The number of morpholine rings is 1. The van der Waals surface area contributed by atoms with Crippen molar-refractivity contribution in [2.24, 2.45) is 0 Å². The Morgan fingerprint density at radius 2 is 1.64 bits per heavy atom. The Kier molecular flexibility index (Phi) is 7.80. The van der Waals surface area contributed by atoms with Gasteiger partial charge in [-0.05, 0) is 48.2 Å². The SMILES string of the molecule is CCCN(c1nc(-c2nc(N)cc(N)n2)cs1)c1cc(-c2ccc(S(=O)(=O)N3CCOCC3)cc2)ccc1C. The third kappa shape index (κ3) is 5.74. The molecule has 10 nitrogen and oxygen atoms in total. The maximum atomic E-state index is 13.0. The number of ether oxygens (including phenoxy) is 1. The molecule has 4 aromatic rings. The number of benzene rings is 2. The van der Waals surface area contributed by atoms with Crippen LogP contribution in [-0.4, -0.2) is 60.5 Å². The Labute approximate surface area is 232 Å². The fraction of sp³-hybridized carbons (Fsp3) is 0.296. The number of nitrogen functional groups attached to an aromatic ring is 2. The number of hydrogen-bond acceptors (Lipinski definition) is 10. The molecule has 0 saturated carbocycles. The van der Waals surface area contributed by atoms with E-state index in [4.69, 9.17) is 21.2 Å². The molecule has 39 heavy (non-hydrogen) atoms. The van der Waals surface area contributed by atoms with Crippen molar-refractivity contribution >= 4 is 43.8 Å². The van der Waals surface area contributed by atoms with Gasteiger partial charge in [0.2, 0.25) is 10.0 Å². The molecule has 0 spiro atoms. The summed E-state index contributed by atoms with van der Waals surface area (Å²) in [6.07, 6.45) is 0.911. The lowest BCUT2D eigenvalue weighted by atomic mass is 10.0. The van der Waals surface area contributed by atoms with Gasteiger partial charge in [-0.3, -0.25) is 0 Å². The van der Waals surface area contributed by atoms with Crippen molar-refractivity contribution in [2.75, 3.05) is 49.2 Å². The average molecular weight is 566 g/mol. The molecule has 5 rings (SSSR count). The molecule has 1 saturated heterocycles. The van der Waals surface area contributed by atoms with E-state index in [1.54, 1.807) is 12.1 Å². The van der Waals surface area contributed by atoms with Gasteiger partial charge in [0.25, 0.3) is 0 Å². The monoisotopic (exact) mass is 565 g/mol.